The van der Waals surface area contributed by atoms with Crippen LogP contribution in [0.15, 0.2) is 42.7 Å². The van der Waals surface area contributed by atoms with Crippen LogP contribution in [-0.2, 0) is 4.79 Å². The van der Waals surface area contributed by atoms with E-state index in [9.17, 15) is 23.6 Å². The van der Waals surface area contributed by atoms with Crippen LogP contribution in [0.4, 0.5) is 8.78 Å². The van der Waals surface area contributed by atoms with E-state index in [2.05, 4.69) is 4.98 Å². The molecule has 0 bridgehead atoms. The summed E-state index contributed by atoms with van der Waals surface area (Å²) in [5.41, 5.74) is 0.180. The van der Waals surface area contributed by atoms with Crippen LogP contribution in [0.2, 0.25) is 5.02 Å². The van der Waals surface area contributed by atoms with E-state index in [4.69, 9.17) is 11.6 Å². The quantitative estimate of drug-likeness (QED) is 0.461. The molecule has 2 saturated heterocycles. The molecule has 2 fully saturated rings. The fourth-order valence-electron chi connectivity index (χ4n) is 4.93. The molecule has 0 saturated carbocycles. The van der Waals surface area contributed by atoms with Crippen LogP contribution in [-0.4, -0.2) is 57.7 Å². The molecule has 0 aliphatic carbocycles. The molecule has 4 rings (SSSR count). The van der Waals surface area contributed by atoms with E-state index in [1.807, 2.05) is 24.3 Å². The summed E-state index contributed by atoms with van der Waals surface area (Å²) in [6.45, 7) is 0.174. The van der Waals surface area contributed by atoms with Gasteiger partial charge in [0.05, 0.1) is 13.0 Å². The van der Waals surface area contributed by atoms with E-state index in [0.29, 0.717) is 29.2 Å². The second-order valence-corrected chi connectivity index (χ2v) is 9.70. The molecule has 0 N–H and O–H groups in total. The normalized spacial score (nSPS) is 22.0. The van der Waals surface area contributed by atoms with Crippen molar-refractivity contribution in [1.29, 1.82) is 5.26 Å². The molecule has 2 aliphatic heterocycles. The molecule has 1 atom stereocenters. The minimum absolute atomic E-state index is 0.159. The van der Waals surface area contributed by atoms with Gasteiger partial charge in [0.15, 0.2) is 11.4 Å². The molecule has 2 aromatic rings. The summed E-state index contributed by atoms with van der Waals surface area (Å²) in [4.78, 5) is 33.0. The van der Waals surface area contributed by atoms with E-state index in [1.165, 1.54) is 6.20 Å². The number of carbonyl (C=O) groups is 2. The number of nitriles is 1. The number of aromatic nitrogens is 1. The van der Waals surface area contributed by atoms with Crippen molar-refractivity contribution < 1.29 is 18.4 Å². The van der Waals surface area contributed by atoms with Gasteiger partial charge in [-0.25, -0.2) is 8.78 Å². The summed E-state index contributed by atoms with van der Waals surface area (Å²) >= 11 is 5.92. The molecule has 1 aromatic heterocycles. The van der Waals surface area contributed by atoms with Gasteiger partial charge >= 0.3 is 0 Å². The fourth-order valence-corrected chi connectivity index (χ4v) is 5.05. The van der Waals surface area contributed by atoms with Crippen LogP contribution >= 0.6 is 11.6 Å². The average Bonchev–Trinajstić information content (AvgIpc) is 3.19. The van der Waals surface area contributed by atoms with Crippen LogP contribution in [0.25, 0.3) is 12.2 Å². The van der Waals surface area contributed by atoms with Gasteiger partial charge in [-0.3, -0.25) is 19.5 Å². The van der Waals surface area contributed by atoms with Gasteiger partial charge in [-0.05, 0) is 36.6 Å². The average molecular weight is 513 g/mol. The second-order valence-electron chi connectivity index (χ2n) is 9.26. The van der Waals surface area contributed by atoms with Crippen LogP contribution in [0.5, 0.6) is 0 Å². The van der Waals surface area contributed by atoms with Crippen molar-refractivity contribution in [2.75, 3.05) is 19.6 Å². The zero-order valence-electron chi connectivity index (χ0n) is 19.8. The molecule has 1 aromatic carbocycles. The number of rotatable bonds is 7. The maximum absolute atomic E-state index is 14.5. The predicted octanol–water partition coefficient (Wildman–Crippen LogP) is 5.44. The molecular formula is C27H27ClF2N4O2. The van der Waals surface area contributed by atoms with Crippen molar-refractivity contribution in [3.63, 3.8) is 0 Å². The van der Waals surface area contributed by atoms with Crippen molar-refractivity contribution in [3.05, 3.63) is 64.4 Å². The summed E-state index contributed by atoms with van der Waals surface area (Å²) in [5.74, 6) is -4.06. The van der Waals surface area contributed by atoms with Gasteiger partial charge < -0.3 is 4.90 Å². The molecule has 0 radical (unpaired) electrons. The van der Waals surface area contributed by atoms with Gasteiger partial charge in [0.1, 0.15) is 6.07 Å². The molecule has 1 amide bonds. The Labute approximate surface area is 214 Å². The predicted molar refractivity (Wildman–Crippen MR) is 133 cm³/mol. The molecule has 36 heavy (non-hydrogen) atoms. The number of piperidine rings is 1. The van der Waals surface area contributed by atoms with Crippen molar-refractivity contribution in [2.45, 2.75) is 50.1 Å². The van der Waals surface area contributed by atoms with E-state index in [0.717, 1.165) is 29.7 Å². The molecule has 9 heteroatoms. The Kier molecular flexibility index (Phi) is 7.82. The van der Waals surface area contributed by atoms with E-state index in [-0.39, 0.29) is 18.6 Å². The van der Waals surface area contributed by atoms with Crippen molar-refractivity contribution in [1.82, 2.24) is 14.8 Å². The smallest absolute Gasteiger partial charge is 0.270 e. The first-order chi connectivity index (χ1) is 17.2. The van der Waals surface area contributed by atoms with Crippen molar-refractivity contribution in [2.24, 2.45) is 0 Å². The number of nitrogens with zero attached hydrogens (tertiary/aromatic N) is 4. The zero-order valence-corrected chi connectivity index (χ0v) is 20.6. The Bertz CT molecular complexity index is 1190. The highest BCUT2D eigenvalue weighted by atomic mass is 35.5. The minimum atomic E-state index is -3.16. The lowest BCUT2D eigenvalue weighted by Gasteiger charge is -2.43. The maximum Gasteiger partial charge on any atom is 0.270 e. The number of amides is 1. The first-order valence-corrected chi connectivity index (χ1v) is 12.4. The fraction of sp³-hybridized carbons (Fsp3) is 0.407. The number of benzene rings is 1. The largest absolute Gasteiger partial charge is 0.306 e. The van der Waals surface area contributed by atoms with E-state index < -0.39 is 30.5 Å². The third-order valence-electron chi connectivity index (χ3n) is 6.74. The Balaban J connectivity index is 1.47. The number of Topliss-reactive ketones (excluding diaryl/α,β-unsaturated/α-hetero) is 1. The van der Waals surface area contributed by atoms with Gasteiger partial charge in [0.25, 0.3) is 5.92 Å². The lowest BCUT2D eigenvalue weighted by atomic mass is 9.99. The highest BCUT2D eigenvalue weighted by molar-refractivity contribution is 6.30. The summed E-state index contributed by atoms with van der Waals surface area (Å²) < 4.78 is 29.0. The molecule has 3 heterocycles. The number of likely N-dealkylation sites (tertiary alicyclic amines) is 2. The number of pyridine rings is 1. The van der Waals surface area contributed by atoms with E-state index >= 15 is 0 Å². The highest BCUT2D eigenvalue weighted by Crippen LogP contribution is 2.43. The first kappa shape index (κ1) is 25.9. The number of carbonyl (C=O) groups excluding carboxylic acids is 2. The Morgan fingerprint density at radius 1 is 1.08 bits per heavy atom. The van der Waals surface area contributed by atoms with Gasteiger partial charge in [-0.1, -0.05) is 42.3 Å². The Morgan fingerprint density at radius 2 is 1.81 bits per heavy atom. The molecule has 2 aliphatic rings. The van der Waals surface area contributed by atoms with E-state index in [1.54, 1.807) is 35.4 Å². The van der Waals surface area contributed by atoms with Gasteiger partial charge in [-0.15, -0.1) is 0 Å². The minimum Gasteiger partial charge on any atom is -0.306 e. The number of hydrogen-bond acceptors (Lipinski definition) is 5. The van der Waals surface area contributed by atoms with Crippen LogP contribution in [0, 0.1) is 11.3 Å². The highest BCUT2D eigenvalue weighted by Gasteiger charge is 2.60. The molecule has 6 nitrogen and oxygen atoms in total. The van der Waals surface area contributed by atoms with Crippen LogP contribution in [0.1, 0.15) is 60.0 Å². The molecular weight excluding hydrogens is 486 g/mol. The van der Waals surface area contributed by atoms with Crippen LogP contribution in [0.3, 0.4) is 0 Å². The Hall–Kier alpha value is -3.15. The molecule has 0 spiro atoms. The topological polar surface area (TPSA) is 77.3 Å². The number of ketones is 1. The standard InChI is InChI=1S/C27H27ClF2N4O2/c28-22-8-5-20(6-9-22)4-7-21-16-32-13-12-23(21)24(35)10-11-25(36)34-19-26(29,30)17-27(34,18-31)33-14-2-1-3-15-33/h4-9,12-13,16H,1-3,10-11,14-15,17,19H2/b7-4+/t27-/m0/s1. The van der Waals surface area contributed by atoms with Crippen molar-refractivity contribution in [3.8, 4) is 6.07 Å². The summed E-state index contributed by atoms with van der Waals surface area (Å²) in [7, 11) is 0. The summed E-state index contributed by atoms with van der Waals surface area (Å²) in [6, 6.07) is 10.8. The third kappa shape index (κ3) is 5.63. The van der Waals surface area contributed by atoms with Crippen molar-refractivity contribution >= 4 is 35.4 Å². The lowest BCUT2D eigenvalue weighted by Crippen LogP contribution is -2.59. The summed E-state index contributed by atoms with van der Waals surface area (Å²) in [5, 5.41) is 10.6. The number of halogens is 3. The zero-order chi connectivity index (χ0) is 25.8. The van der Waals surface area contributed by atoms with Gasteiger partial charge in [-0.2, -0.15) is 5.26 Å². The monoisotopic (exact) mass is 512 g/mol. The maximum atomic E-state index is 14.5. The van der Waals surface area contributed by atoms with Gasteiger partial charge in [0.2, 0.25) is 5.91 Å². The molecule has 188 valence electrons. The van der Waals surface area contributed by atoms with Crippen LogP contribution < -0.4 is 0 Å². The summed E-state index contributed by atoms with van der Waals surface area (Å²) in [6.07, 6.45) is 8.06. The second kappa shape index (κ2) is 10.9. The van der Waals surface area contributed by atoms with Gasteiger partial charge in [0, 0.05) is 54.5 Å². The number of alkyl halides is 2. The SMILES string of the molecule is N#C[C@]1(N2CCCCC2)CC(F)(F)CN1C(=O)CCC(=O)c1ccncc1/C=C/c1ccc(Cl)cc1. The first-order valence-electron chi connectivity index (χ1n) is 12.0. The third-order valence-corrected chi connectivity index (χ3v) is 7.00. The lowest BCUT2D eigenvalue weighted by molar-refractivity contribution is -0.140. The Morgan fingerprint density at radius 3 is 2.50 bits per heavy atom. The molecule has 0 unspecified atom stereocenters. The number of hydrogen-bond donors (Lipinski definition) is 0.